The molecule has 0 fully saturated rings. The molecule has 80 valence electrons. The SMILES string of the molecule is COc1c(Br)cc(C)c2[nH]c(CN)cc12. The maximum Gasteiger partial charge on any atom is 0.142 e. The lowest BCUT2D eigenvalue weighted by Crippen LogP contribution is -1.95. The van der Waals surface area contributed by atoms with Gasteiger partial charge in [0.2, 0.25) is 0 Å². The van der Waals surface area contributed by atoms with Crippen LogP contribution in [0, 0.1) is 6.92 Å². The number of fused-ring (bicyclic) bond motifs is 1. The monoisotopic (exact) mass is 268 g/mol. The van der Waals surface area contributed by atoms with Crippen LogP contribution in [0.5, 0.6) is 5.75 Å². The molecule has 4 heteroatoms. The molecule has 0 atom stereocenters. The van der Waals surface area contributed by atoms with Crippen LogP contribution in [0.15, 0.2) is 16.6 Å². The van der Waals surface area contributed by atoms with Gasteiger partial charge < -0.3 is 15.5 Å². The summed E-state index contributed by atoms with van der Waals surface area (Å²) in [6.45, 7) is 2.57. The molecule has 0 bridgehead atoms. The van der Waals surface area contributed by atoms with Crippen molar-refractivity contribution < 1.29 is 4.74 Å². The number of hydrogen-bond donors (Lipinski definition) is 2. The molecule has 2 rings (SSSR count). The summed E-state index contributed by atoms with van der Waals surface area (Å²) in [5.41, 5.74) is 8.90. The third kappa shape index (κ3) is 1.64. The Balaban J connectivity index is 2.81. The van der Waals surface area contributed by atoms with Crippen LogP contribution < -0.4 is 10.5 Å². The summed E-state index contributed by atoms with van der Waals surface area (Å²) >= 11 is 3.49. The van der Waals surface area contributed by atoms with Gasteiger partial charge in [-0.15, -0.1) is 0 Å². The number of rotatable bonds is 2. The third-order valence-electron chi connectivity index (χ3n) is 2.50. The van der Waals surface area contributed by atoms with Gasteiger partial charge in [0.15, 0.2) is 0 Å². The summed E-state index contributed by atoms with van der Waals surface area (Å²) in [7, 11) is 1.67. The molecular formula is C11H13BrN2O. The first-order valence-corrected chi connectivity index (χ1v) is 5.51. The fourth-order valence-corrected chi connectivity index (χ4v) is 2.49. The maximum absolute atomic E-state index is 5.61. The first-order valence-electron chi connectivity index (χ1n) is 4.72. The van der Waals surface area contributed by atoms with E-state index in [0.717, 1.165) is 26.8 Å². The number of methoxy groups -OCH3 is 1. The van der Waals surface area contributed by atoms with Gasteiger partial charge in [0.1, 0.15) is 5.75 Å². The van der Waals surface area contributed by atoms with Crippen molar-refractivity contribution in [2.75, 3.05) is 7.11 Å². The van der Waals surface area contributed by atoms with E-state index in [0.29, 0.717) is 6.54 Å². The molecule has 0 radical (unpaired) electrons. The Labute approximate surface area is 96.7 Å². The highest BCUT2D eigenvalue weighted by atomic mass is 79.9. The number of benzene rings is 1. The van der Waals surface area contributed by atoms with Gasteiger partial charge in [-0.2, -0.15) is 0 Å². The molecule has 0 aliphatic rings. The Bertz CT molecular complexity index is 505. The third-order valence-corrected chi connectivity index (χ3v) is 3.09. The minimum absolute atomic E-state index is 0.509. The second-order valence-corrected chi connectivity index (χ2v) is 4.35. The molecule has 0 unspecified atom stereocenters. The summed E-state index contributed by atoms with van der Waals surface area (Å²) in [6.07, 6.45) is 0. The lowest BCUT2D eigenvalue weighted by atomic mass is 10.1. The molecule has 1 aromatic carbocycles. The van der Waals surface area contributed by atoms with E-state index in [1.165, 1.54) is 5.56 Å². The number of halogens is 1. The van der Waals surface area contributed by atoms with E-state index in [9.17, 15) is 0 Å². The van der Waals surface area contributed by atoms with Crippen LogP contribution in [0.2, 0.25) is 0 Å². The summed E-state index contributed by atoms with van der Waals surface area (Å²) in [5, 5.41) is 1.07. The average molecular weight is 269 g/mol. The molecule has 2 aromatic rings. The van der Waals surface area contributed by atoms with E-state index in [2.05, 4.69) is 27.8 Å². The number of nitrogens with two attached hydrogens (primary N) is 1. The number of H-pyrrole nitrogens is 1. The summed E-state index contributed by atoms with van der Waals surface area (Å²) in [6, 6.07) is 4.07. The van der Waals surface area contributed by atoms with Crippen molar-refractivity contribution in [2.45, 2.75) is 13.5 Å². The van der Waals surface area contributed by atoms with Crippen LogP contribution in [-0.2, 0) is 6.54 Å². The van der Waals surface area contributed by atoms with E-state index in [1.54, 1.807) is 7.11 Å². The fraction of sp³-hybridized carbons (Fsp3) is 0.273. The van der Waals surface area contributed by atoms with Crippen molar-refractivity contribution in [3.05, 3.63) is 27.9 Å². The Morgan fingerprint density at radius 2 is 2.20 bits per heavy atom. The first-order chi connectivity index (χ1) is 7.17. The molecule has 0 saturated heterocycles. The zero-order valence-corrected chi connectivity index (χ0v) is 10.3. The Hall–Kier alpha value is -1.00. The molecule has 1 heterocycles. The normalized spacial score (nSPS) is 10.9. The molecule has 0 aliphatic heterocycles. The van der Waals surface area contributed by atoms with Gasteiger partial charge in [-0.1, -0.05) is 0 Å². The van der Waals surface area contributed by atoms with Gasteiger partial charge in [0.25, 0.3) is 0 Å². The predicted molar refractivity (Wildman–Crippen MR) is 65.2 cm³/mol. The van der Waals surface area contributed by atoms with Crippen LogP contribution >= 0.6 is 15.9 Å². The standard InChI is InChI=1S/C11H13BrN2O/c1-6-3-9(12)11(15-2)8-4-7(5-13)14-10(6)8/h3-4,14H,5,13H2,1-2H3. The van der Waals surface area contributed by atoms with Gasteiger partial charge in [0.05, 0.1) is 17.1 Å². The maximum atomic E-state index is 5.61. The van der Waals surface area contributed by atoms with Crippen molar-refractivity contribution in [3.63, 3.8) is 0 Å². The number of aromatic amines is 1. The number of ether oxygens (including phenoxy) is 1. The van der Waals surface area contributed by atoms with Gasteiger partial charge in [0, 0.05) is 17.6 Å². The van der Waals surface area contributed by atoms with Gasteiger partial charge in [-0.05, 0) is 40.5 Å². The Kier molecular flexibility index (Phi) is 2.71. The number of hydrogen-bond acceptors (Lipinski definition) is 2. The van der Waals surface area contributed by atoms with Crippen LogP contribution in [0.25, 0.3) is 10.9 Å². The quantitative estimate of drug-likeness (QED) is 0.880. The molecule has 0 amide bonds. The minimum atomic E-state index is 0.509. The number of aromatic nitrogens is 1. The van der Waals surface area contributed by atoms with E-state index in [1.807, 2.05) is 12.1 Å². The smallest absolute Gasteiger partial charge is 0.142 e. The van der Waals surface area contributed by atoms with Crippen LogP contribution in [0.4, 0.5) is 0 Å². The molecule has 0 saturated carbocycles. The molecule has 1 aromatic heterocycles. The summed E-state index contributed by atoms with van der Waals surface area (Å²) < 4.78 is 6.33. The highest BCUT2D eigenvalue weighted by Gasteiger charge is 2.11. The lowest BCUT2D eigenvalue weighted by molar-refractivity contribution is 0.417. The highest BCUT2D eigenvalue weighted by molar-refractivity contribution is 9.10. The Morgan fingerprint density at radius 3 is 2.80 bits per heavy atom. The van der Waals surface area contributed by atoms with E-state index < -0.39 is 0 Å². The lowest BCUT2D eigenvalue weighted by Gasteiger charge is -2.06. The van der Waals surface area contributed by atoms with Gasteiger partial charge in [-0.3, -0.25) is 0 Å². The molecule has 3 nitrogen and oxygen atoms in total. The highest BCUT2D eigenvalue weighted by Crippen LogP contribution is 2.36. The zero-order valence-electron chi connectivity index (χ0n) is 8.73. The zero-order chi connectivity index (χ0) is 11.0. The van der Waals surface area contributed by atoms with E-state index in [-0.39, 0.29) is 0 Å². The topological polar surface area (TPSA) is 51.0 Å². The average Bonchev–Trinajstić information content (AvgIpc) is 2.62. The van der Waals surface area contributed by atoms with Crippen molar-refractivity contribution in [3.8, 4) is 5.75 Å². The van der Waals surface area contributed by atoms with Crippen molar-refractivity contribution in [1.29, 1.82) is 0 Å². The van der Waals surface area contributed by atoms with Crippen LogP contribution in [0.1, 0.15) is 11.3 Å². The van der Waals surface area contributed by atoms with Gasteiger partial charge >= 0.3 is 0 Å². The van der Waals surface area contributed by atoms with Crippen LogP contribution in [0.3, 0.4) is 0 Å². The van der Waals surface area contributed by atoms with Crippen molar-refractivity contribution in [1.82, 2.24) is 4.98 Å². The molecular weight excluding hydrogens is 256 g/mol. The largest absolute Gasteiger partial charge is 0.495 e. The summed E-state index contributed by atoms with van der Waals surface area (Å²) in [5.74, 6) is 0.853. The Morgan fingerprint density at radius 1 is 1.47 bits per heavy atom. The molecule has 3 N–H and O–H groups in total. The first kappa shape index (κ1) is 10.5. The molecule has 15 heavy (non-hydrogen) atoms. The number of nitrogens with one attached hydrogen (secondary N) is 1. The molecule has 0 aliphatic carbocycles. The molecule has 0 spiro atoms. The van der Waals surface area contributed by atoms with Crippen molar-refractivity contribution >= 4 is 26.8 Å². The fourth-order valence-electron chi connectivity index (χ4n) is 1.77. The predicted octanol–water partition coefficient (Wildman–Crippen LogP) is 2.71. The number of aryl methyl sites for hydroxylation is 1. The van der Waals surface area contributed by atoms with E-state index in [4.69, 9.17) is 10.5 Å². The minimum Gasteiger partial charge on any atom is -0.495 e. The van der Waals surface area contributed by atoms with E-state index >= 15 is 0 Å². The van der Waals surface area contributed by atoms with Gasteiger partial charge in [-0.25, -0.2) is 0 Å². The second kappa shape index (κ2) is 3.87. The summed E-state index contributed by atoms with van der Waals surface area (Å²) in [4.78, 5) is 3.29. The second-order valence-electron chi connectivity index (χ2n) is 3.50. The van der Waals surface area contributed by atoms with Crippen molar-refractivity contribution in [2.24, 2.45) is 5.73 Å². The van der Waals surface area contributed by atoms with Crippen LogP contribution in [-0.4, -0.2) is 12.1 Å².